The molecular formula is C16H24FNO2. The summed E-state index contributed by atoms with van der Waals surface area (Å²) in [5.74, 6) is 0.507. The summed E-state index contributed by atoms with van der Waals surface area (Å²) < 4.78 is 24.6. The molecule has 1 aliphatic carbocycles. The second-order valence-corrected chi connectivity index (χ2v) is 6.22. The number of halogens is 1. The largest absolute Gasteiger partial charge is 0.491 e. The van der Waals surface area contributed by atoms with E-state index in [4.69, 9.17) is 9.47 Å². The monoisotopic (exact) mass is 281 g/mol. The van der Waals surface area contributed by atoms with Gasteiger partial charge in [0.05, 0.1) is 12.2 Å². The quantitative estimate of drug-likeness (QED) is 0.778. The van der Waals surface area contributed by atoms with Crippen LogP contribution >= 0.6 is 0 Å². The lowest BCUT2D eigenvalue weighted by molar-refractivity contribution is -0.0164. The summed E-state index contributed by atoms with van der Waals surface area (Å²) in [6.07, 6.45) is 2.43. The predicted octanol–water partition coefficient (Wildman–Crippen LogP) is 3.27. The third-order valence-electron chi connectivity index (χ3n) is 3.06. The van der Waals surface area contributed by atoms with Crippen molar-refractivity contribution in [1.82, 2.24) is 5.32 Å². The van der Waals surface area contributed by atoms with Crippen LogP contribution in [0.4, 0.5) is 4.39 Å². The molecule has 0 atom stereocenters. The fraction of sp³-hybridized carbons (Fsp3) is 0.625. The molecule has 3 nitrogen and oxygen atoms in total. The van der Waals surface area contributed by atoms with E-state index in [1.807, 2.05) is 20.8 Å². The topological polar surface area (TPSA) is 30.5 Å². The standard InChI is InChI=1S/C16H24FNO2/c1-16(2,3)20-9-8-19-15-7-4-13(17)10-12(15)11-18-14-5-6-14/h4,7,10,14,18H,5-6,8-9,11H2,1-3H3. The second-order valence-electron chi connectivity index (χ2n) is 6.22. The predicted molar refractivity (Wildman–Crippen MR) is 77.5 cm³/mol. The van der Waals surface area contributed by atoms with Crippen LogP contribution in [-0.4, -0.2) is 24.9 Å². The Balaban J connectivity index is 1.85. The van der Waals surface area contributed by atoms with Crippen LogP contribution in [0.2, 0.25) is 0 Å². The molecule has 0 heterocycles. The van der Waals surface area contributed by atoms with Crippen molar-refractivity contribution in [3.63, 3.8) is 0 Å². The van der Waals surface area contributed by atoms with Crippen molar-refractivity contribution in [2.45, 2.75) is 51.8 Å². The highest BCUT2D eigenvalue weighted by molar-refractivity contribution is 5.34. The molecule has 1 fully saturated rings. The maximum absolute atomic E-state index is 13.3. The van der Waals surface area contributed by atoms with E-state index in [1.54, 1.807) is 6.07 Å². The SMILES string of the molecule is CC(C)(C)OCCOc1ccc(F)cc1CNC1CC1. The van der Waals surface area contributed by atoms with Gasteiger partial charge in [-0.25, -0.2) is 4.39 Å². The molecule has 0 bridgehead atoms. The zero-order valence-electron chi connectivity index (χ0n) is 12.5. The van der Waals surface area contributed by atoms with Gasteiger partial charge in [-0.3, -0.25) is 0 Å². The van der Waals surface area contributed by atoms with E-state index in [2.05, 4.69) is 5.32 Å². The van der Waals surface area contributed by atoms with Crippen LogP contribution in [0.5, 0.6) is 5.75 Å². The minimum Gasteiger partial charge on any atom is -0.491 e. The Bertz CT molecular complexity index is 439. The normalized spacial score (nSPS) is 15.4. The Morgan fingerprint density at radius 1 is 1.25 bits per heavy atom. The van der Waals surface area contributed by atoms with Gasteiger partial charge >= 0.3 is 0 Å². The van der Waals surface area contributed by atoms with Crippen LogP contribution < -0.4 is 10.1 Å². The van der Waals surface area contributed by atoms with Gasteiger partial charge in [0.15, 0.2) is 0 Å². The third-order valence-corrected chi connectivity index (χ3v) is 3.06. The molecular weight excluding hydrogens is 257 g/mol. The molecule has 1 aromatic carbocycles. The van der Waals surface area contributed by atoms with Crippen molar-refractivity contribution >= 4 is 0 Å². The first kappa shape index (κ1) is 15.3. The van der Waals surface area contributed by atoms with E-state index in [9.17, 15) is 4.39 Å². The van der Waals surface area contributed by atoms with E-state index in [0.717, 1.165) is 11.3 Å². The van der Waals surface area contributed by atoms with E-state index >= 15 is 0 Å². The lowest BCUT2D eigenvalue weighted by Gasteiger charge is -2.20. The Morgan fingerprint density at radius 2 is 2.00 bits per heavy atom. The first-order chi connectivity index (χ1) is 9.44. The molecule has 20 heavy (non-hydrogen) atoms. The first-order valence-electron chi connectivity index (χ1n) is 7.22. The average Bonchev–Trinajstić information content (AvgIpc) is 3.16. The number of ether oxygens (including phenoxy) is 2. The smallest absolute Gasteiger partial charge is 0.124 e. The Labute approximate surface area is 120 Å². The molecule has 1 saturated carbocycles. The molecule has 1 aliphatic rings. The minimum absolute atomic E-state index is 0.164. The molecule has 1 aromatic rings. The van der Waals surface area contributed by atoms with E-state index < -0.39 is 0 Å². The Morgan fingerprint density at radius 3 is 2.65 bits per heavy atom. The summed E-state index contributed by atoms with van der Waals surface area (Å²) in [5, 5.41) is 3.38. The van der Waals surface area contributed by atoms with Crippen molar-refractivity contribution in [2.24, 2.45) is 0 Å². The molecule has 112 valence electrons. The van der Waals surface area contributed by atoms with Crippen LogP contribution in [0.1, 0.15) is 39.2 Å². The fourth-order valence-corrected chi connectivity index (χ4v) is 1.87. The lowest BCUT2D eigenvalue weighted by atomic mass is 10.2. The molecule has 0 amide bonds. The molecule has 0 spiro atoms. The highest BCUT2D eigenvalue weighted by Crippen LogP contribution is 2.23. The number of benzene rings is 1. The molecule has 0 saturated heterocycles. The van der Waals surface area contributed by atoms with Gasteiger partial charge in [0.25, 0.3) is 0 Å². The summed E-state index contributed by atoms with van der Waals surface area (Å²) in [6, 6.07) is 5.25. The van der Waals surface area contributed by atoms with Crippen molar-refractivity contribution in [2.75, 3.05) is 13.2 Å². The summed E-state index contributed by atoms with van der Waals surface area (Å²) in [6.45, 7) is 7.68. The molecule has 0 aromatic heterocycles. The highest BCUT2D eigenvalue weighted by Gasteiger charge is 2.20. The van der Waals surface area contributed by atoms with Crippen molar-refractivity contribution in [3.8, 4) is 5.75 Å². The minimum atomic E-state index is -0.226. The Kier molecular flexibility index (Phi) is 5.00. The summed E-state index contributed by atoms with van der Waals surface area (Å²) >= 11 is 0. The van der Waals surface area contributed by atoms with Crippen LogP contribution in [-0.2, 0) is 11.3 Å². The first-order valence-corrected chi connectivity index (χ1v) is 7.22. The molecule has 0 unspecified atom stereocenters. The van der Waals surface area contributed by atoms with Crippen molar-refractivity contribution < 1.29 is 13.9 Å². The molecule has 2 rings (SSSR count). The molecule has 4 heteroatoms. The van der Waals surface area contributed by atoms with Gasteiger partial charge in [0, 0.05) is 18.2 Å². The molecule has 0 radical (unpaired) electrons. The second kappa shape index (κ2) is 6.55. The van der Waals surface area contributed by atoms with E-state index in [-0.39, 0.29) is 11.4 Å². The van der Waals surface area contributed by atoms with Gasteiger partial charge in [0.2, 0.25) is 0 Å². The van der Waals surface area contributed by atoms with Crippen LogP contribution in [0.15, 0.2) is 18.2 Å². The third kappa shape index (κ3) is 5.47. The number of nitrogens with one attached hydrogen (secondary N) is 1. The van der Waals surface area contributed by atoms with Crippen LogP contribution in [0, 0.1) is 5.82 Å². The van der Waals surface area contributed by atoms with Gasteiger partial charge in [-0.15, -0.1) is 0 Å². The maximum Gasteiger partial charge on any atom is 0.124 e. The number of rotatable bonds is 7. The van der Waals surface area contributed by atoms with Gasteiger partial charge in [-0.2, -0.15) is 0 Å². The fourth-order valence-electron chi connectivity index (χ4n) is 1.87. The summed E-state index contributed by atoms with van der Waals surface area (Å²) in [7, 11) is 0. The molecule has 0 aliphatic heterocycles. The van der Waals surface area contributed by atoms with Crippen molar-refractivity contribution in [1.29, 1.82) is 0 Å². The number of hydrogen-bond donors (Lipinski definition) is 1. The maximum atomic E-state index is 13.3. The van der Waals surface area contributed by atoms with Crippen molar-refractivity contribution in [3.05, 3.63) is 29.6 Å². The van der Waals surface area contributed by atoms with E-state index in [1.165, 1.54) is 25.0 Å². The van der Waals surface area contributed by atoms with Gasteiger partial charge in [-0.05, 0) is 51.8 Å². The highest BCUT2D eigenvalue weighted by atomic mass is 19.1. The summed E-state index contributed by atoms with van der Waals surface area (Å²) in [5.41, 5.74) is 0.704. The lowest BCUT2D eigenvalue weighted by Crippen LogP contribution is -2.23. The van der Waals surface area contributed by atoms with Gasteiger partial charge in [0.1, 0.15) is 18.2 Å². The Hall–Kier alpha value is -1.13. The van der Waals surface area contributed by atoms with E-state index in [0.29, 0.717) is 25.8 Å². The van der Waals surface area contributed by atoms with Crippen LogP contribution in [0.3, 0.4) is 0 Å². The molecule has 1 N–H and O–H groups in total. The average molecular weight is 281 g/mol. The summed E-state index contributed by atoms with van der Waals surface area (Å²) in [4.78, 5) is 0. The zero-order chi connectivity index (χ0) is 14.6. The number of hydrogen-bond acceptors (Lipinski definition) is 3. The van der Waals surface area contributed by atoms with Crippen LogP contribution in [0.25, 0.3) is 0 Å². The zero-order valence-corrected chi connectivity index (χ0v) is 12.5. The van der Waals surface area contributed by atoms with Gasteiger partial charge in [-0.1, -0.05) is 0 Å². The van der Waals surface area contributed by atoms with Gasteiger partial charge < -0.3 is 14.8 Å².